The maximum Gasteiger partial charge on any atom is 0.329 e. The van der Waals surface area contributed by atoms with Crippen molar-refractivity contribution in [3.8, 4) is 0 Å². The number of rotatable bonds is 12. The van der Waals surface area contributed by atoms with E-state index in [1.807, 2.05) is 17.0 Å². The molecule has 1 heterocycles. The van der Waals surface area contributed by atoms with Gasteiger partial charge < -0.3 is 14.7 Å². The average molecular weight is 396 g/mol. The fourth-order valence-electron chi connectivity index (χ4n) is 3.34. The second-order valence-corrected chi connectivity index (χ2v) is 7.25. The summed E-state index contributed by atoms with van der Waals surface area (Å²) >= 11 is 5.95. The van der Waals surface area contributed by atoms with Crippen LogP contribution in [0.15, 0.2) is 24.3 Å². The normalized spacial score (nSPS) is 16.7. The van der Waals surface area contributed by atoms with E-state index in [0.717, 1.165) is 18.4 Å². The van der Waals surface area contributed by atoms with Gasteiger partial charge in [0.2, 0.25) is 5.91 Å². The summed E-state index contributed by atoms with van der Waals surface area (Å²) in [5.74, 6) is -0.695. The van der Waals surface area contributed by atoms with Crippen molar-refractivity contribution in [3.63, 3.8) is 0 Å². The summed E-state index contributed by atoms with van der Waals surface area (Å²) in [4.78, 5) is 36.6. The first-order valence-electron chi connectivity index (χ1n) is 9.31. The molecule has 1 N–H and O–H groups in total. The smallest absolute Gasteiger partial charge is 0.329 e. The zero-order valence-electron chi connectivity index (χ0n) is 15.4. The van der Waals surface area contributed by atoms with Crippen LogP contribution < -0.4 is 0 Å². The van der Waals surface area contributed by atoms with Crippen molar-refractivity contribution in [1.82, 2.24) is 4.90 Å². The molecule has 0 saturated carbocycles. The largest absolute Gasteiger partial charge is 0.480 e. The lowest BCUT2D eigenvalue weighted by atomic mass is 10.0. The number of unbranched alkanes of at least 4 members (excludes halogenated alkanes) is 1. The summed E-state index contributed by atoms with van der Waals surface area (Å²) in [5, 5.41) is 9.14. The number of likely N-dealkylation sites (tertiary alicyclic amines) is 1. The number of benzene rings is 1. The van der Waals surface area contributed by atoms with Crippen LogP contribution in [-0.4, -0.2) is 53.5 Å². The predicted octanol–water partition coefficient (Wildman–Crippen LogP) is 3.10. The molecule has 0 aliphatic carbocycles. The highest BCUT2D eigenvalue weighted by Gasteiger charge is 2.30. The SMILES string of the molecule is O=C(O)COCCCCN1C(=O)CCC1CCC(=O)Cc1cccc(Cl)c1. The first kappa shape index (κ1) is 21.4. The van der Waals surface area contributed by atoms with Gasteiger partial charge in [0.05, 0.1) is 0 Å². The fraction of sp³-hybridized carbons (Fsp3) is 0.550. The van der Waals surface area contributed by atoms with Crippen molar-refractivity contribution in [1.29, 1.82) is 0 Å². The number of aliphatic carboxylic acids is 1. The molecule has 1 aliphatic rings. The molecule has 148 valence electrons. The van der Waals surface area contributed by atoms with Gasteiger partial charge in [0.1, 0.15) is 12.4 Å². The van der Waals surface area contributed by atoms with Gasteiger partial charge in [0.25, 0.3) is 0 Å². The van der Waals surface area contributed by atoms with Crippen molar-refractivity contribution in [2.45, 2.75) is 51.0 Å². The topological polar surface area (TPSA) is 83.9 Å². The maximum absolute atomic E-state index is 12.2. The molecule has 0 spiro atoms. The minimum Gasteiger partial charge on any atom is -0.480 e. The molecule has 7 heteroatoms. The molecular formula is C20H26ClNO5. The lowest BCUT2D eigenvalue weighted by molar-refractivity contribution is -0.142. The van der Waals surface area contributed by atoms with Crippen molar-refractivity contribution < 1.29 is 24.2 Å². The lowest BCUT2D eigenvalue weighted by Crippen LogP contribution is -2.34. The molecular weight excluding hydrogens is 370 g/mol. The van der Waals surface area contributed by atoms with Gasteiger partial charge in [0, 0.05) is 43.5 Å². The summed E-state index contributed by atoms with van der Waals surface area (Å²) in [7, 11) is 0. The lowest BCUT2D eigenvalue weighted by Gasteiger charge is -2.24. The van der Waals surface area contributed by atoms with Gasteiger partial charge in [-0.3, -0.25) is 9.59 Å². The standard InChI is InChI=1S/C20H26ClNO5/c21-16-5-3-4-15(12-16)13-18(23)8-6-17-7-9-19(24)22(17)10-1-2-11-27-14-20(25)26/h3-5,12,17H,1-2,6-11,13-14H2,(H,25,26). The third-order valence-corrected chi connectivity index (χ3v) is 4.90. The number of nitrogens with zero attached hydrogens (tertiary/aromatic N) is 1. The van der Waals surface area contributed by atoms with Crippen LogP contribution in [0.1, 0.15) is 44.1 Å². The second kappa shape index (κ2) is 11.0. The maximum atomic E-state index is 12.2. The summed E-state index contributed by atoms with van der Waals surface area (Å²) < 4.78 is 5.00. The minimum atomic E-state index is -0.979. The Hall–Kier alpha value is -1.92. The van der Waals surface area contributed by atoms with Crippen LogP contribution in [0.2, 0.25) is 5.02 Å². The monoisotopic (exact) mass is 395 g/mol. The molecule has 1 unspecified atom stereocenters. The number of halogens is 1. The van der Waals surface area contributed by atoms with Gasteiger partial charge in [-0.05, 0) is 43.4 Å². The Morgan fingerprint density at radius 3 is 2.85 bits per heavy atom. The van der Waals surface area contributed by atoms with Crippen LogP contribution in [0.5, 0.6) is 0 Å². The van der Waals surface area contributed by atoms with Crippen LogP contribution >= 0.6 is 11.6 Å². The van der Waals surface area contributed by atoms with E-state index in [4.69, 9.17) is 21.4 Å². The minimum absolute atomic E-state index is 0.112. The molecule has 2 rings (SSSR count). The third-order valence-electron chi connectivity index (χ3n) is 4.66. The Morgan fingerprint density at radius 2 is 2.11 bits per heavy atom. The van der Waals surface area contributed by atoms with Gasteiger partial charge in [-0.15, -0.1) is 0 Å². The van der Waals surface area contributed by atoms with Crippen LogP contribution in [0.4, 0.5) is 0 Å². The van der Waals surface area contributed by atoms with E-state index in [0.29, 0.717) is 50.3 Å². The number of ketones is 1. The molecule has 0 aromatic heterocycles. The number of carboxylic acids is 1. The molecule has 27 heavy (non-hydrogen) atoms. The Balaban J connectivity index is 1.70. The van der Waals surface area contributed by atoms with Crippen LogP contribution in [0.25, 0.3) is 0 Å². The summed E-state index contributed by atoms with van der Waals surface area (Å²) in [6.07, 6.45) is 4.28. The molecule has 1 saturated heterocycles. The van der Waals surface area contributed by atoms with Crippen molar-refractivity contribution in [2.75, 3.05) is 19.8 Å². The van der Waals surface area contributed by atoms with Gasteiger partial charge in [-0.25, -0.2) is 4.79 Å². The molecule has 1 aromatic rings. The number of hydrogen-bond donors (Lipinski definition) is 1. The first-order valence-corrected chi connectivity index (χ1v) is 9.68. The van der Waals surface area contributed by atoms with Crippen LogP contribution in [0, 0.1) is 0 Å². The summed E-state index contributed by atoms with van der Waals surface area (Å²) in [5.41, 5.74) is 0.910. The van der Waals surface area contributed by atoms with Crippen LogP contribution in [-0.2, 0) is 25.5 Å². The number of ether oxygens (including phenoxy) is 1. The van der Waals surface area contributed by atoms with Gasteiger partial charge >= 0.3 is 5.97 Å². The van der Waals surface area contributed by atoms with E-state index in [2.05, 4.69) is 0 Å². The van der Waals surface area contributed by atoms with Gasteiger partial charge in [-0.2, -0.15) is 0 Å². The Bertz CT molecular complexity index is 664. The highest BCUT2D eigenvalue weighted by Crippen LogP contribution is 2.23. The zero-order valence-corrected chi connectivity index (χ0v) is 16.1. The van der Waals surface area contributed by atoms with E-state index in [9.17, 15) is 14.4 Å². The molecule has 0 bridgehead atoms. The first-order chi connectivity index (χ1) is 13.0. The van der Waals surface area contributed by atoms with Crippen molar-refractivity contribution >= 4 is 29.3 Å². The number of carbonyl (C=O) groups excluding carboxylic acids is 2. The third kappa shape index (κ3) is 7.69. The number of hydrogen-bond acceptors (Lipinski definition) is 4. The molecule has 6 nitrogen and oxygen atoms in total. The Morgan fingerprint density at radius 1 is 1.30 bits per heavy atom. The number of Topliss-reactive ketones (excluding diaryl/α,β-unsaturated/α-hetero) is 1. The molecule has 1 atom stereocenters. The van der Waals surface area contributed by atoms with E-state index < -0.39 is 5.97 Å². The molecule has 0 radical (unpaired) electrons. The highest BCUT2D eigenvalue weighted by molar-refractivity contribution is 6.30. The summed E-state index contributed by atoms with van der Waals surface area (Å²) in [6.45, 7) is 0.708. The quantitative estimate of drug-likeness (QED) is 0.550. The fourth-order valence-corrected chi connectivity index (χ4v) is 3.55. The number of carboxylic acid groups (broad SMARTS) is 1. The van der Waals surface area contributed by atoms with E-state index >= 15 is 0 Å². The highest BCUT2D eigenvalue weighted by atomic mass is 35.5. The summed E-state index contributed by atoms with van der Waals surface area (Å²) in [6, 6.07) is 7.42. The van der Waals surface area contributed by atoms with Gasteiger partial charge in [0.15, 0.2) is 0 Å². The molecule has 1 fully saturated rings. The molecule has 1 amide bonds. The average Bonchev–Trinajstić information content (AvgIpc) is 2.96. The van der Waals surface area contributed by atoms with Crippen LogP contribution in [0.3, 0.4) is 0 Å². The Labute approximate surface area is 164 Å². The Kier molecular flexibility index (Phi) is 8.75. The van der Waals surface area contributed by atoms with Gasteiger partial charge in [-0.1, -0.05) is 23.7 Å². The van der Waals surface area contributed by atoms with E-state index in [1.165, 1.54) is 0 Å². The second-order valence-electron chi connectivity index (χ2n) is 6.82. The zero-order chi connectivity index (χ0) is 19.6. The molecule has 1 aliphatic heterocycles. The number of amides is 1. The van der Waals surface area contributed by atoms with Crippen molar-refractivity contribution in [3.05, 3.63) is 34.9 Å². The van der Waals surface area contributed by atoms with E-state index in [-0.39, 0.29) is 24.3 Å². The van der Waals surface area contributed by atoms with E-state index in [1.54, 1.807) is 12.1 Å². The number of carbonyl (C=O) groups is 3. The van der Waals surface area contributed by atoms with Crippen molar-refractivity contribution in [2.24, 2.45) is 0 Å². The molecule has 1 aromatic carbocycles. The predicted molar refractivity (Wildman–Crippen MR) is 102 cm³/mol.